The fraction of sp³-hybridized carbons (Fsp3) is 0.261. The number of aromatic nitrogens is 4. The molecule has 0 unspecified atom stereocenters. The number of imidazole rings is 1. The first kappa shape index (κ1) is 22.3. The van der Waals surface area contributed by atoms with Crippen LogP contribution in [0.1, 0.15) is 5.56 Å². The minimum Gasteiger partial charge on any atom is -0.397 e. The van der Waals surface area contributed by atoms with Gasteiger partial charge in [-0.1, -0.05) is 0 Å². The molecule has 0 aliphatic carbocycles. The van der Waals surface area contributed by atoms with E-state index >= 15 is 0 Å². The molecule has 0 fully saturated rings. The number of likely N-dealkylation sites (N-methyl/N-ethyl adjacent to an activating group) is 2. The third kappa shape index (κ3) is 4.63. The van der Waals surface area contributed by atoms with Crippen molar-refractivity contribution in [2.24, 2.45) is 0 Å². The molecule has 0 aliphatic heterocycles. The number of aryl methyl sites for hydroxylation is 1. The smallest absolute Gasteiger partial charge is 0.227 e. The Bertz CT molecular complexity index is 1250. The van der Waals surface area contributed by atoms with Crippen LogP contribution < -0.4 is 16.0 Å². The standard InChI is InChI=1S/C23H27IN8/c1-15-12-20(31(4)11-10-30(2)3)17(25)13-19(15)29-23-26-8-7-18(28-23)21-14-27-22-16(24)6-5-9-32(21)22/h5-9,12-14H,10-11,25H2,1-4H3,(H,26,28,29). The Kier molecular flexibility index (Phi) is 6.47. The summed E-state index contributed by atoms with van der Waals surface area (Å²) in [6.07, 6.45) is 5.58. The molecule has 3 aromatic heterocycles. The minimum absolute atomic E-state index is 0.513. The molecule has 0 bridgehead atoms. The fourth-order valence-corrected chi connectivity index (χ4v) is 4.10. The van der Waals surface area contributed by atoms with E-state index in [2.05, 4.69) is 81.8 Å². The maximum absolute atomic E-state index is 6.39. The lowest BCUT2D eigenvalue weighted by molar-refractivity contribution is 0.416. The van der Waals surface area contributed by atoms with Gasteiger partial charge in [0.05, 0.1) is 32.5 Å². The quantitative estimate of drug-likeness (QED) is 0.270. The number of benzene rings is 1. The lowest BCUT2D eigenvalue weighted by Crippen LogP contribution is -2.29. The second kappa shape index (κ2) is 9.29. The Morgan fingerprint density at radius 3 is 2.72 bits per heavy atom. The lowest BCUT2D eigenvalue weighted by Gasteiger charge is -2.24. The maximum Gasteiger partial charge on any atom is 0.227 e. The van der Waals surface area contributed by atoms with Crippen molar-refractivity contribution < 1.29 is 0 Å². The van der Waals surface area contributed by atoms with E-state index < -0.39 is 0 Å². The Morgan fingerprint density at radius 1 is 1.12 bits per heavy atom. The van der Waals surface area contributed by atoms with Gasteiger partial charge in [-0.05, 0) is 79.5 Å². The SMILES string of the molecule is Cc1cc(N(C)CCN(C)C)c(N)cc1Nc1nccc(-c2cnc3c(I)cccn23)n1. The molecule has 32 heavy (non-hydrogen) atoms. The maximum atomic E-state index is 6.39. The molecule has 3 N–H and O–H groups in total. The van der Waals surface area contributed by atoms with Crippen LogP contribution in [0.2, 0.25) is 0 Å². The van der Waals surface area contributed by atoms with E-state index in [9.17, 15) is 0 Å². The molecular weight excluding hydrogens is 515 g/mol. The van der Waals surface area contributed by atoms with Crippen LogP contribution in [0, 0.1) is 10.5 Å². The highest BCUT2D eigenvalue weighted by atomic mass is 127. The van der Waals surface area contributed by atoms with Crippen molar-refractivity contribution in [1.82, 2.24) is 24.3 Å². The zero-order valence-electron chi connectivity index (χ0n) is 18.7. The summed E-state index contributed by atoms with van der Waals surface area (Å²) < 4.78 is 3.13. The summed E-state index contributed by atoms with van der Waals surface area (Å²) in [5.74, 6) is 0.513. The van der Waals surface area contributed by atoms with Crippen LogP contribution in [0.15, 0.2) is 48.9 Å². The van der Waals surface area contributed by atoms with Crippen molar-refractivity contribution in [2.45, 2.75) is 6.92 Å². The number of hydrogen-bond donors (Lipinski definition) is 2. The molecule has 0 radical (unpaired) electrons. The molecule has 0 saturated carbocycles. The van der Waals surface area contributed by atoms with Crippen molar-refractivity contribution in [3.63, 3.8) is 0 Å². The van der Waals surface area contributed by atoms with Gasteiger partial charge >= 0.3 is 0 Å². The Labute approximate surface area is 201 Å². The highest BCUT2D eigenvalue weighted by Crippen LogP contribution is 2.31. The van der Waals surface area contributed by atoms with E-state index in [0.29, 0.717) is 11.6 Å². The number of nitrogen functional groups attached to an aromatic ring is 1. The molecule has 1 aromatic carbocycles. The molecule has 0 saturated heterocycles. The number of nitrogens with zero attached hydrogens (tertiary/aromatic N) is 6. The van der Waals surface area contributed by atoms with Crippen LogP contribution in [0.25, 0.3) is 17.0 Å². The van der Waals surface area contributed by atoms with Gasteiger partial charge in [0.1, 0.15) is 0 Å². The van der Waals surface area contributed by atoms with Crippen molar-refractivity contribution in [2.75, 3.05) is 50.2 Å². The average Bonchev–Trinajstić information content (AvgIpc) is 3.20. The molecule has 0 aliphatic rings. The fourth-order valence-electron chi connectivity index (χ4n) is 3.49. The van der Waals surface area contributed by atoms with Crippen molar-refractivity contribution in [1.29, 1.82) is 0 Å². The van der Waals surface area contributed by atoms with Crippen LogP contribution in [0.4, 0.5) is 23.0 Å². The van der Waals surface area contributed by atoms with Gasteiger partial charge in [-0.2, -0.15) is 0 Å². The van der Waals surface area contributed by atoms with Crippen LogP contribution in [-0.4, -0.2) is 58.5 Å². The van der Waals surface area contributed by atoms with Crippen molar-refractivity contribution >= 4 is 51.2 Å². The third-order valence-electron chi connectivity index (χ3n) is 5.32. The molecule has 4 rings (SSSR count). The lowest BCUT2D eigenvalue weighted by atomic mass is 10.1. The molecular formula is C23H27IN8. The second-order valence-corrected chi connectivity index (χ2v) is 9.20. The zero-order valence-corrected chi connectivity index (χ0v) is 20.8. The Morgan fingerprint density at radius 2 is 1.94 bits per heavy atom. The van der Waals surface area contributed by atoms with Gasteiger partial charge < -0.3 is 20.9 Å². The van der Waals surface area contributed by atoms with Crippen LogP contribution in [-0.2, 0) is 0 Å². The van der Waals surface area contributed by atoms with Crippen LogP contribution >= 0.6 is 22.6 Å². The second-order valence-electron chi connectivity index (χ2n) is 8.03. The predicted octanol–water partition coefficient (Wildman–Crippen LogP) is 4.03. The van der Waals surface area contributed by atoms with E-state index in [1.165, 1.54) is 0 Å². The molecule has 166 valence electrons. The molecule has 3 heterocycles. The molecule has 4 aromatic rings. The van der Waals surface area contributed by atoms with Gasteiger partial charge in [0.2, 0.25) is 5.95 Å². The average molecular weight is 542 g/mol. The monoisotopic (exact) mass is 542 g/mol. The first-order valence-corrected chi connectivity index (χ1v) is 11.4. The summed E-state index contributed by atoms with van der Waals surface area (Å²) in [5, 5.41) is 3.33. The van der Waals surface area contributed by atoms with E-state index in [4.69, 9.17) is 10.7 Å². The third-order valence-corrected chi connectivity index (χ3v) is 6.16. The number of rotatable bonds is 7. The number of nitrogens with one attached hydrogen (secondary N) is 1. The van der Waals surface area contributed by atoms with Gasteiger partial charge in [-0.25, -0.2) is 15.0 Å². The highest BCUT2D eigenvalue weighted by Gasteiger charge is 2.13. The van der Waals surface area contributed by atoms with Crippen LogP contribution in [0.5, 0.6) is 0 Å². The number of pyridine rings is 1. The van der Waals surface area contributed by atoms with Crippen molar-refractivity contribution in [3.8, 4) is 11.4 Å². The van der Waals surface area contributed by atoms with Gasteiger partial charge in [-0.15, -0.1) is 0 Å². The summed E-state index contributed by atoms with van der Waals surface area (Å²) in [5.41, 5.74) is 12.7. The van der Waals surface area contributed by atoms with Crippen LogP contribution in [0.3, 0.4) is 0 Å². The number of fused-ring (bicyclic) bond motifs is 1. The minimum atomic E-state index is 0.513. The molecule has 9 heteroatoms. The first-order chi connectivity index (χ1) is 15.3. The summed E-state index contributed by atoms with van der Waals surface area (Å²) in [4.78, 5) is 18.0. The summed E-state index contributed by atoms with van der Waals surface area (Å²) >= 11 is 2.29. The Balaban J connectivity index is 1.60. The summed E-state index contributed by atoms with van der Waals surface area (Å²) in [7, 11) is 6.19. The Hall–Kier alpha value is -2.92. The van der Waals surface area contributed by atoms with Crippen molar-refractivity contribution in [3.05, 3.63) is 58.1 Å². The summed E-state index contributed by atoms with van der Waals surface area (Å²) in [6.45, 7) is 3.91. The van der Waals surface area contributed by atoms with Gasteiger partial charge in [0, 0.05) is 38.2 Å². The largest absolute Gasteiger partial charge is 0.397 e. The van der Waals surface area contributed by atoms with E-state index in [1.54, 1.807) is 6.20 Å². The molecule has 0 spiro atoms. The van der Waals surface area contributed by atoms with E-state index in [-0.39, 0.29) is 0 Å². The normalized spacial score (nSPS) is 11.3. The van der Waals surface area contributed by atoms with Gasteiger partial charge in [0.25, 0.3) is 0 Å². The summed E-state index contributed by atoms with van der Waals surface area (Å²) in [6, 6.07) is 9.98. The highest BCUT2D eigenvalue weighted by molar-refractivity contribution is 14.1. The van der Waals surface area contributed by atoms with E-state index in [0.717, 1.165) is 50.6 Å². The van der Waals surface area contributed by atoms with Gasteiger partial charge in [0.15, 0.2) is 5.65 Å². The molecule has 0 amide bonds. The number of hydrogen-bond acceptors (Lipinski definition) is 7. The first-order valence-electron chi connectivity index (χ1n) is 10.3. The number of halogens is 1. The zero-order chi connectivity index (χ0) is 22.8. The molecule has 0 atom stereocenters. The predicted molar refractivity (Wildman–Crippen MR) is 140 cm³/mol. The number of nitrogens with two attached hydrogens (primary N) is 1. The molecule has 8 nitrogen and oxygen atoms in total. The topological polar surface area (TPSA) is 87.6 Å². The van der Waals surface area contributed by atoms with Gasteiger partial charge in [-0.3, -0.25) is 4.40 Å². The number of anilines is 4. The van der Waals surface area contributed by atoms with E-state index in [1.807, 2.05) is 41.1 Å².